The van der Waals surface area contributed by atoms with Gasteiger partial charge in [-0.15, -0.1) is 0 Å². The Morgan fingerprint density at radius 1 is 0.867 bits per heavy atom. The summed E-state index contributed by atoms with van der Waals surface area (Å²) in [5.41, 5.74) is 0.486. The normalized spacial score (nSPS) is 18.6. The van der Waals surface area contributed by atoms with Crippen LogP contribution in [-0.2, 0) is 0 Å². The molecule has 0 N–H and O–H groups in total. The van der Waals surface area contributed by atoms with Crippen LogP contribution >= 0.6 is 0 Å². The van der Waals surface area contributed by atoms with Crippen molar-refractivity contribution in [2.45, 2.75) is 58.3 Å². The largest absolute Gasteiger partial charge is 0.497 e. The molecule has 1 aliphatic carbocycles. The predicted molar refractivity (Wildman–Crippen MR) is 119 cm³/mol. The van der Waals surface area contributed by atoms with E-state index in [2.05, 4.69) is 6.92 Å². The van der Waals surface area contributed by atoms with Gasteiger partial charge < -0.3 is 14.2 Å². The van der Waals surface area contributed by atoms with Gasteiger partial charge in [-0.1, -0.05) is 45.4 Å². The summed E-state index contributed by atoms with van der Waals surface area (Å²) in [7, 11) is 1.59. The van der Waals surface area contributed by atoms with Gasteiger partial charge in [0.15, 0.2) is 0 Å². The predicted octanol–water partition coefficient (Wildman–Crippen LogP) is 6.68. The zero-order valence-electron chi connectivity index (χ0n) is 18.3. The van der Waals surface area contributed by atoms with Crippen molar-refractivity contribution in [1.29, 1.82) is 0 Å². The maximum atomic E-state index is 12.2. The molecule has 2 aromatic carbocycles. The molecule has 2 aromatic rings. The molecule has 0 bridgehead atoms. The molecule has 3 rings (SSSR count). The molecule has 162 valence electrons. The molecule has 0 spiro atoms. The molecule has 0 radical (unpaired) electrons. The minimum absolute atomic E-state index is 0.388. The average molecular weight is 411 g/mol. The molecule has 0 saturated heterocycles. The topological polar surface area (TPSA) is 44.8 Å². The second-order valence-electron chi connectivity index (χ2n) is 8.17. The fraction of sp³-hybridized carbons (Fsp3) is 0.500. The monoisotopic (exact) mass is 410 g/mol. The number of benzene rings is 2. The summed E-state index contributed by atoms with van der Waals surface area (Å²) in [6.07, 6.45) is 10.6. The smallest absolute Gasteiger partial charge is 0.343 e. The third-order valence-corrected chi connectivity index (χ3v) is 6.07. The molecule has 0 aromatic heterocycles. The van der Waals surface area contributed by atoms with Gasteiger partial charge in [0.05, 0.1) is 19.3 Å². The van der Waals surface area contributed by atoms with Crippen molar-refractivity contribution in [1.82, 2.24) is 0 Å². The lowest BCUT2D eigenvalue weighted by molar-refractivity contribution is 0.0734. The van der Waals surface area contributed by atoms with Crippen molar-refractivity contribution in [2.75, 3.05) is 13.7 Å². The van der Waals surface area contributed by atoms with Gasteiger partial charge in [-0.2, -0.15) is 0 Å². The van der Waals surface area contributed by atoms with Gasteiger partial charge >= 0.3 is 5.97 Å². The lowest BCUT2D eigenvalue weighted by Crippen LogP contribution is -2.20. The van der Waals surface area contributed by atoms with E-state index in [0.29, 0.717) is 17.1 Å². The number of esters is 1. The van der Waals surface area contributed by atoms with Crippen LogP contribution in [0.1, 0.15) is 68.6 Å². The van der Waals surface area contributed by atoms with Crippen LogP contribution in [0, 0.1) is 11.8 Å². The van der Waals surface area contributed by atoms with E-state index in [1.165, 1.54) is 44.9 Å². The van der Waals surface area contributed by atoms with Crippen molar-refractivity contribution >= 4 is 5.97 Å². The van der Waals surface area contributed by atoms with Crippen LogP contribution in [0.4, 0.5) is 0 Å². The Bertz CT molecular complexity index is 765. The SMILES string of the molecule is CCCC1CCCCC1CCCOc1ccc(OC(=O)c2ccc(OC)cc2)cc1. The van der Waals surface area contributed by atoms with E-state index in [-0.39, 0.29) is 5.97 Å². The second kappa shape index (κ2) is 11.6. The first-order valence-electron chi connectivity index (χ1n) is 11.3. The van der Waals surface area contributed by atoms with Crippen LogP contribution < -0.4 is 14.2 Å². The lowest BCUT2D eigenvalue weighted by atomic mass is 9.75. The molecule has 4 heteroatoms. The number of ether oxygens (including phenoxy) is 3. The summed E-state index contributed by atoms with van der Waals surface area (Å²) in [5, 5.41) is 0. The van der Waals surface area contributed by atoms with E-state index >= 15 is 0 Å². The summed E-state index contributed by atoms with van der Waals surface area (Å²) >= 11 is 0. The Morgan fingerprint density at radius 3 is 2.10 bits per heavy atom. The van der Waals surface area contributed by atoms with Crippen molar-refractivity contribution in [3.05, 3.63) is 54.1 Å². The van der Waals surface area contributed by atoms with E-state index in [1.54, 1.807) is 43.5 Å². The summed E-state index contributed by atoms with van der Waals surface area (Å²) in [5.74, 6) is 3.43. The van der Waals surface area contributed by atoms with Gasteiger partial charge in [0.2, 0.25) is 0 Å². The Kier molecular flexibility index (Phi) is 8.61. The van der Waals surface area contributed by atoms with Gasteiger partial charge in [-0.3, -0.25) is 0 Å². The summed E-state index contributed by atoms with van der Waals surface area (Å²) in [6.45, 7) is 3.03. The Balaban J connectivity index is 1.41. The Hall–Kier alpha value is -2.49. The molecule has 0 amide bonds. The number of hydrogen-bond acceptors (Lipinski definition) is 4. The highest BCUT2D eigenvalue weighted by molar-refractivity contribution is 5.91. The molecule has 2 atom stereocenters. The van der Waals surface area contributed by atoms with Crippen molar-refractivity contribution in [3.8, 4) is 17.2 Å². The molecule has 1 fully saturated rings. The molecule has 1 aliphatic rings. The standard InChI is InChI=1S/C26H34O4/c1-3-7-20-8-4-5-9-21(20)10-6-19-29-24-15-17-25(18-16-24)30-26(27)22-11-13-23(28-2)14-12-22/h11-18,20-21H,3-10,19H2,1-2H3. The summed E-state index contributed by atoms with van der Waals surface area (Å²) in [6, 6.07) is 14.1. The number of carbonyl (C=O) groups excluding carboxylic acids is 1. The highest BCUT2D eigenvalue weighted by Gasteiger charge is 2.23. The molecule has 4 nitrogen and oxygen atoms in total. The lowest BCUT2D eigenvalue weighted by Gasteiger charge is -2.31. The zero-order chi connectivity index (χ0) is 21.2. The molecule has 1 saturated carbocycles. The third kappa shape index (κ3) is 6.51. The van der Waals surface area contributed by atoms with Crippen molar-refractivity contribution in [3.63, 3.8) is 0 Å². The van der Waals surface area contributed by atoms with E-state index in [4.69, 9.17) is 14.2 Å². The van der Waals surface area contributed by atoms with E-state index < -0.39 is 0 Å². The Morgan fingerprint density at radius 2 is 1.47 bits per heavy atom. The minimum Gasteiger partial charge on any atom is -0.497 e. The second-order valence-corrected chi connectivity index (χ2v) is 8.17. The van der Waals surface area contributed by atoms with Gasteiger partial charge in [0, 0.05) is 0 Å². The molecule has 2 unspecified atom stereocenters. The van der Waals surface area contributed by atoms with Crippen LogP contribution in [0.25, 0.3) is 0 Å². The van der Waals surface area contributed by atoms with Crippen LogP contribution in [0.15, 0.2) is 48.5 Å². The first-order chi connectivity index (χ1) is 14.7. The molecule has 0 heterocycles. The van der Waals surface area contributed by atoms with E-state index in [9.17, 15) is 4.79 Å². The van der Waals surface area contributed by atoms with Gasteiger partial charge in [-0.05, 0) is 73.2 Å². The molecule has 0 aliphatic heterocycles. The van der Waals surface area contributed by atoms with E-state index in [0.717, 1.165) is 30.6 Å². The number of rotatable bonds is 10. The first kappa shape index (κ1) is 22.2. The number of methoxy groups -OCH3 is 1. The summed E-state index contributed by atoms with van der Waals surface area (Å²) < 4.78 is 16.4. The minimum atomic E-state index is -0.388. The maximum absolute atomic E-state index is 12.2. The molecular formula is C26H34O4. The highest BCUT2D eigenvalue weighted by atomic mass is 16.5. The van der Waals surface area contributed by atoms with Gasteiger partial charge in [0.1, 0.15) is 17.2 Å². The van der Waals surface area contributed by atoms with Gasteiger partial charge in [0.25, 0.3) is 0 Å². The number of hydrogen-bond donors (Lipinski definition) is 0. The highest BCUT2D eigenvalue weighted by Crippen LogP contribution is 2.36. The molecule has 30 heavy (non-hydrogen) atoms. The maximum Gasteiger partial charge on any atom is 0.343 e. The fourth-order valence-corrected chi connectivity index (χ4v) is 4.45. The van der Waals surface area contributed by atoms with Crippen LogP contribution in [0.5, 0.6) is 17.2 Å². The van der Waals surface area contributed by atoms with Crippen molar-refractivity contribution in [2.24, 2.45) is 11.8 Å². The Labute approximate surface area is 180 Å². The third-order valence-electron chi connectivity index (χ3n) is 6.07. The van der Waals surface area contributed by atoms with E-state index in [1.807, 2.05) is 12.1 Å². The first-order valence-corrected chi connectivity index (χ1v) is 11.3. The van der Waals surface area contributed by atoms with Crippen LogP contribution in [0.2, 0.25) is 0 Å². The quantitative estimate of drug-likeness (QED) is 0.249. The average Bonchev–Trinajstić information content (AvgIpc) is 2.79. The fourth-order valence-electron chi connectivity index (χ4n) is 4.45. The van der Waals surface area contributed by atoms with Crippen LogP contribution in [0.3, 0.4) is 0 Å². The molecular weight excluding hydrogens is 376 g/mol. The van der Waals surface area contributed by atoms with Gasteiger partial charge in [-0.25, -0.2) is 4.79 Å². The zero-order valence-corrected chi connectivity index (χ0v) is 18.3. The van der Waals surface area contributed by atoms with Crippen LogP contribution in [-0.4, -0.2) is 19.7 Å². The number of carbonyl (C=O) groups is 1. The van der Waals surface area contributed by atoms with Crippen molar-refractivity contribution < 1.29 is 19.0 Å². The summed E-state index contributed by atoms with van der Waals surface area (Å²) in [4.78, 5) is 12.2.